The number of hydrogen-bond donors (Lipinski definition) is 2. The summed E-state index contributed by atoms with van der Waals surface area (Å²) in [5.41, 5.74) is 0.0605. The van der Waals surface area contributed by atoms with Gasteiger partial charge in [-0.1, -0.05) is 12.8 Å². The molecule has 3 rings (SSSR count). The van der Waals surface area contributed by atoms with Crippen LogP contribution >= 0.6 is 0 Å². The van der Waals surface area contributed by atoms with Crippen LogP contribution in [-0.4, -0.2) is 39.0 Å². The number of carboxylic acid groups (broad SMARTS) is 1. The first-order valence-electron chi connectivity index (χ1n) is 7.32. The molecule has 1 saturated carbocycles. The Morgan fingerprint density at radius 1 is 1.24 bits per heavy atom. The molecule has 2 heterocycles. The van der Waals surface area contributed by atoms with Crippen molar-refractivity contribution in [3.8, 4) is 0 Å². The fourth-order valence-electron chi connectivity index (χ4n) is 3.67. The molecule has 1 amide bonds. The Morgan fingerprint density at radius 2 is 2.00 bits per heavy atom. The number of nitrogens with one attached hydrogen (secondary N) is 1. The Morgan fingerprint density at radius 3 is 2.67 bits per heavy atom. The fraction of sp³-hybridized carbons (Fsp3) is 0.533. The summed E-state index contributed by atoms with van der Waals surface area (Å²) in [6, 6.07) is 2.00. The Labute approximate surface area is 121 Å². The van der Waals surface area contributed by atoms with Crippen LogP contribution in [0.2, 0.25) is 0 Å². The van der Waals surface area contributed by atoms with E-state index in [0.29, 0.717) is 12.0 Å². The maximum Gasteiger partial charge on any atom is 0.326 e. The van der Waals surface area contributed by atoms with E-state index in [4.69, 9.17) is 0 Å². The van der Waals surface area contributed by atoms with Gasteiger partial charge in [0.15, 0.2) is 0 Å². The van der Waals surface area contributed by atoms with E-state index in [0.717, 1.165) is 25.7 Å². The number of aliphatic carboxylic acids is 1. The maximum absolute atomic E-state index is 12.7. The zero-order chi connectivity index (χ0) is 15.0. The molecule has 0 aromatic carbocycles. The second kappa shape index (κ2) is 5.35. The summed E-state index contributed by atoms with van der Waals surface area (Å²) in [5.74, 6) is -0.957. The standard InChI is InChI=1S/C15H18N2O4/c18-13-6-5-10(8-16-13)14(19)17-11-4-2-1-3-9(11)7-12(17)15(20)21/h5-6,8-9,11-12H,1-4,7H2,(H,16,18)(H,20,21)/t9-,11+,12-/m0/s1. The van der Waals surface area contributed by atoms with Gasteiger partial charge in [0.25, 0.3) is 5.91 Å². The van der Waals surface area contributed by atoms with E-state index in [1.54, 1.807) is 0 Å². The third kappa shape index (κ3) is 2.46. The van der Waals surface area contributed by atoms with Gasteiger partial charge in [-0.3, -0.25) is 9.59 Å². The highest BCUT2D eigenvalue weighted by Gasteiger charge is 2.47. The van der Waals surface area contributed by atoms with Crippen LogP contribution in [0.25, 0.3) is 0 Å². The smallest absolute Gasteiger partial charge is 0.326 e. The predicted octanol–water partition coefficient (Wildman–Crippen LogP) is 1.23. The highest BCUT2D eigenvalue weighted by Crippen LogP contribution is 2.40. The summed E-state index contributed by atoms with van der Waals surface area (Å²) in [4.78, 5) is 39.3. The van der Waals surface area contributed by atoms with Crippen molar-refractivity contribution in [3.63, 3.8) is 0 Å². The van der Waals surface area contributed by atoms with Crippen LogP contribution in [-0.2, 0) is 4.79 Å². The van der Waals surface area contributed by atoms with Gasteiger partial charge in [-0.25, -0.2) is 4.79 Å². The Hall–Kier alpha value is -2.11. The number of likely N-dealkylation sites (tertiary alicyclic amines) is 1. The molecule has 0 bridgehead atoms. The van der Waals surface area contributed by atoms with E-state index in [2.05, 4.69) is 4.98 Å². The zero-order valence-corrected chi connectivity index (χ0v) is 11.6. The highest BCUT2D eigenvalue weighted by molar-refractivity contribution is 5.97. The van der Waals surface area contributed by atoms with Crippen LogP contribution in [0.4, 0.5) is 0 Å². The maximum atomic E-state index is 12.7. The molecule has 1 aromatic heterocycles. The van der Waals surface area contributed by atoms with E-state index in [9.17, 15) is 19.5 Å². The SMILES string of the molecule is O=C(O)[C@@H]1C[C@@H]2CCCC[C@H]2N1C(=O)c1ccc(=O)[nH]c1. The van der Waals surface area contributed by atoms with E-state index in [1.165, 1.54) is 23.2 Å². The minimum Gasteiger partial charge on any atom is -0.480 e. The van der Waals surface area contributed by atoms with Crippen LogP contribution in [0.1, 0.15) is 42.5 Å². The molecule has 1 aliphatic carbocycles. The molecule has 2 N–H and O–H groups in total. The molecule has 2 aliphatic rings. The fourth-order valence-corrected chi connectivity index (χ4v) is 3.67. The van der Waals surface area contributed by atoms with Crippen molar-refractivity contribution in [3.05, 3.63) is 34.2 Å². The van der Waals surface area contributed by atoms with E-state index < -0.39 is 12.0 Å². The number of H-pyrrole nitrogens is 1. The molecule has 3 atom stereocenters. The molecule has 1 saturated heterocycles. The lowest BCUT2D eigenvalue weighted by Gasteiger charge is -2.33. The van der Waals surface area contributed by atoms with Gasteiger partial charge in [0, 0.05) is 18.3 Å². The summed E-state index contributed by atoms with van der Waals surface area (Å²) in [6.45, 7) is 0. The summed E-state index contributed by atoms with van der Waals surface area (Å²) >= 11 is 0. The normalized spacial score (nSPS) is 28.2. The molecule has 0 radical (unpaired) electrons. The number of fused-ring (bicyclic) bond motifs is 1. The molecular formula is C15H18N2O4. The first-order valence-corrected chi connectivity index (χ1v) is 7.32. The third-order valence-electron chi connectivity index (χ3n) is 4.64. The van der Waals surface area contributed by atoms with Crippen molar-refractivity contribution in [1.82, 2.24) is 9.88 Å². The molecule has 112 valence electrons. The highest BCUT2D eigenvalue weighted by atomic mass is 16.4. The average molecular weight is 290 g/mol. The Balaban J connectivity index is 1.92. The number of nitrogens with zero attached hydrogens (tertiary/aromatic N) is 1. The Kier molecular flexibility index (Phi) is 3.53. The van der Waals surface area contributed by atoms with Crippen molar-refractivity contribution in [2.24, 2.45) is 5.92 Å². The van der Waals surface area contributed by atoms with E-state index in [1.807, 2.05) is 0 Å². The average Bonchev–Trinajstić information content (AvgIpc) is 2.87. The summed E-state index contributed by atoms with van der Waals surface area (Å²) in [5, 5.41) is 9.42. The van der Waals surface area contributed by atoms with Crippen LogP contribution in [0.15, 0.2) is 23.1 Å². The molecule has 1 aromatic rings. The molecule has 21 heavy (non-hydrogen) atoms. The van der Waals surface area contributed by atoms with Gasteiger partial charge in [-0.2, -0.15) is 0 Å². The van der Waals surface area contributed by atoms with Gasteiger partial charge in [-0.15, -0.1) is 0 Å². The minimum atomic E-state index is -0.942. The number of pyridine rings is 1. The summed E-state index contributed by atoms with van der Waals surface area (Å²) in [6.07, 6.45) is 5.89. The summed E-state index contributed by atoms with van der Waals surface area (Å²) < 4.78 is 0. The van der Waals surface area contributed by atoms with Crippen molar-refractivity contribution < 1.29 is 14.7 Å². The number of carbonyl (C=O) groups excluding carboxylic acids is 1. The zero-order valence-electron chi connectivity index (χ0n) is 11.6. The number of rotatable bonds is 2. The van der Waals surface area contributed by atoms with Crippen LogP contribution in [0.3, 0.4) is 0 Å². The quantitative estimate of drug-likeness (QED) is 0.857. The number of amides is 1. The lowest BCUT2D eigenvalue weighted by molar-refractivity contribution is -0.141. The number of hydrogen-bond acceptors (Lipinski definition) is 3. The van der Waals surface area contributed by atoms with Gasteiger partial charge in [-0.05, 0) is 31.2 Å². The van der Waals surface area contributed by atoms with E-state index >= 15 is 0 Å². The number of aromatic amines is 1. The number of carboxylic acids is 1. The largest absolute Gasteiger partial charge is 0.480 e. The van der Waals surface area contributed by atoms with Crippen molar-refractivity contribution >= 4 is 11.9 Å². The topological polar surface area (TPSA) is 90.5 Å². The van der Waals surface area contributed by atoms with Crippen LogP contribution < -0.4 is 5.56 Å². The predicted molar refractivity (Wildman–Crippen MR) is 75.0 cm³/mol. The van der Waals surface area contributed by atoms with Crippen molar-refractivity contribution in [2.45, 2.75) is 44.2 Å². The molecule has 0 unspecified atom stereocenters. The van der Waals surface area contributed by atoms with Gasteiger partial charge < -0.3 is 15.0 Å². The first-order chi connectivity index (χ1) is 10.1. The molecule has 6 heteroatoms. The Bertz CT molecular complexity index is 604. The van der Waals surface area contributed by atoms with Crippen LogP contribution in [0, 0.1) is 5.92 Å². The molecule has 2 fully saturated rings. The molecular weight excluding hydrogens is 272 g/mol. The molecule has 1 aliphatic heterocycles. The lowest BCUT2D eigenvalue weighted by atomic mass is 9.84. The number of carbonyl (C=O) groups is 2. The number of aromatic nitrogens is 1. The van der Waals surface area contributed by atoms with Gasteiger partial charge >= 0.3 is 5.97 Å². The van der Waals surface area contributed by atoms with E-state index in [-0.39, 0.29) is 23.4 Å². The van der Waals surface area contributed by atoms with Gasteiger partial charge in [0.2, 0.25) is 5.56 Å². The lowest BCUT2D eigenvalue weighted by Crippen LogP contribution is -2.46. The van der Waals surface area contributed by atoms with Crippen LogP contribution in [0.5, 0.6) is 0 Å². The third-order valence-corrected chi connectivity index (χ3v) is 4.64. The van der Waals surface area contributed by atoms with Gasteiger partial charge in [0.1, 0.15) is 6.04 Å². The molecule has 0 spiro atoms. The second-order valence-corrected chi connectivity index (χ2v) is 5.86. The first kappa shape index (κ1) is 13.9. The monoisotopic (exact) mass is 290 g/mol. The molecule has 6 nitrogen and oxygen atoms in total. The van der Waals surface area contributed by atoms with Crippen molar-refractivity contribution in [1.29, 1.82) is 0 Å². The van der Waals surface area contributed by atoms with Gasteiger partial charge in [0.05, 0.1) is 5.56 Å². The van der Waals surface area contributed by atoms with Crippen molar-refractivity contribution in [2.75, 3.05) is 0 Å². The summed E-state index contributed by atoms with van der Waals surface area (Å²) in [7, 11) is 0. The minimum absolute atomic E-state index is 0.0132. The second-order valence-electron chi connectivity index (χ2n) is 5.86.